The van der Waals surface area contributed by atoms with Crippen LogP contribution in [0.1, 0.15) is 12.8 Å². The van der Waals surface area contributed by atoms with E-state index in [1.165, 1.54) is 19.4 Å². The summed E-state index contributed by atoms with van der Waals surface area (Å²) in [5, 5.41) is 0. The topological polar surface area (TPSA) is 3.24 Å². The molecule has 1 aliphatic rings. The summed E-state index contributed by atoms with van der Waals surface area (Å²) in [6.07, 6.45) is 2.98. The van der Waals surface area contributed by atoms with Gasteiger partial charge in [-0.2, -0.15) is 0 Å². The molecule has 1 rings (SSSR count). The van der Waals surface area contributed by atoms with Crippen molar-refractivity contribution < 1.29 is 0 Å². The van der Waals surface area contributed by atoms with E-state index in [-0.39, 0.29) is 0 Å². The van der Waals surface area contributed by atoms with Crippen molar-refractivity contribution in [3.63, 3.8) is 0 Å². The summed E-state index contributed by atoms with van der Waals surface area (Å²) in [5.74, 6) is 1.05. The Bertz CT molecular complexity index is 160. The first-order valence-corrected chi connectivity index (χ1v) is 12.4. The molecule has 0 unspecified atom stereocenters. The predicted molar refractivity (Wildman–Crippen MR) is 66.1 cm³/mol. The van der Waals surface area contributed by atoms with Gasteiger partial charge in [-0.15, -0.1) is 0 Å². The van der Waals surface area contributed by atoms with E-state index >= 15 is 0 Å². The maximum atomic E-state index is 2.91. The molecule has 0 aromatic carbocycles. The first kappa shape index (κ1) is 11.5. The lowest BCUT2D eigenvalue weighted by molar-refractivity contribution is 0.567. The maximum absolute atomic E-state index is 2.91. The molecule has 1 nitrogen and oxygen atoms in total. The van der Waals surface area contributed by atoms with E-state index in [9.17, 15) is 0 Å². The molecule has 1 saturated carbocycles. The van der Waals surface area contributed by atoms with Crippen molar-refractivity contribution in [3.8, 4) is 0 Å². The third kappa shape index (κ3) is 3.56. The Morgan fingerprint density at radius 1 is 0.923 bits per heavy atom. The maximum Gasteiger partial charge on any atom is 0.112 e. The minimum absolute atomic E-state index is 1.05. The number of hydrogen-bond acceptors (Lipinski definition) is 1. The molecular formula is C10H25NSi2. The van der Waals surface area contributed by atoms with Crippen molar-refractivity contribution in [2.45, 2.75) is 52.1 Å². The van der Waals surface area contributed by atoms with Crippen molar-refractivity contribution >= 4 is 16.5 Å². The molecule has 1 fully saturated rings. The molecule has 0 radical (unpaired) electrons. The molecule has 0 heterocycles. The zero-order valence-corrected chi connectivity index (χ0v) is 12.1. The zero-order valence-electron chi connectivity index (χ0n) is 10.1. The van der Waals surface area contributed by atoms with Gasteiger partial charge in [0.1, 0.15) is 16.5 Å². The minimum atomic E-state index is -1.05. The second-order valence-corrected chi connectivity index (χ2v) is 16.6. The van der Waals surface area contributed by atoms with Gasteiger partial charge in [0, 0.05) is 0 Å². The second kappa shape index (κ2) is 3.52. The molecule has 0 spiro atoms. The fourth-order valence-corrected chi connectivity index (χ4v) is 11.8. The van der Waals surface area contributed by atoms with Crippen molar-refractivity contribution in [1.29, 1.82) is 0 Å². The van der Waals surface area contributed by atoms with Crippen molar-refractivity contribution in [2.75, 3.05) is 6.54 Å². The van der Waals surface area contributed by atoms with Gasteiger partial charge in [0.2, 0.25) is 0 Å². The molecule has 3 heteroatoms. The van der Waals surface area contributed by atoms with Gasteiger partial charge in [-0.1, -0.05) is 39.3 Å². The Kier molecular flexibility index (Phi) is 3.10. The van der Waals surface area contributed by atoms with E-state index in [1.54, 1.807) is 0 Å². The molecule has 0 bridgehead atoms. The van der Waals surface area contributed by atoms with E-state index in [1.807, 2.05) is 0 Å². The molecule has 0 aliphatic heterocycles. The van der Waals surface area contributed by atoms with Crippen molar-refractivity contribution in [2.24, 2.45) is 5.92 Å². The van der Waals surface area contributed by atoms with Crippen molar-refractivity contribution in [1.82, 2.24) is 4.23 Å². The Hall–Kier alpha value is 0.394. The molecule has 78 valence electrons. The van der Waals surface area contributed by atoms with Crippen molar-refractivity contribution in [3.05, 3.63) is 0 Å². The number of rotatable bonds is 4. The molecule has 0 aromatic heterocycles. The molecule has 0 atom stereocenters. The van der Waals surface area contributed by atoms with Crippen LogP contribution in [0.2, 0.25) is 39.3 Å². The standard InChI is InChI=1S/C10H25NSi2/c1-12(2,3)11(13(4,5)6)9-10-7-8-10/h10H,7-9H2,1-6H3. The molecule has 1 aliphatic carbocycles. The lowest BCUT2D eigenvalue weighted by Gasteiger charge is -2.43. The SMILES string of the molecule is C[Si](C)(C)N(CC1CC1)[Si](C)(C)C. The summed E-state index contributed by atoms with van der Waals surface area (Å²) in [4.78, 5) is 0. The van der Waals surface area contributed by atoms with E-state index in [0.717, 1.165) is 5.92 Å². The monoisotopic (exact) mass is 215 g/mol. The van der Waals surface area contributed by atoms with Crippen LogP contribution < -0.4 is 0 Å². The molecule has 0 amide bonds. The van der Waals surface area contributed by atoms with Crippen LogP contribution in [0.3, 0.4) is 0 Å². The van der Waals surface area contributed by atoms with Crippen LogP contribution in [0.4, 0.5) is 0 Å². The fraction of sp³-hybridized carbons (Fsp3) is 1.00. The van der Waals surface area contributed by atoms with Crippen LogP contribution >= 0.6 is 0 Å². The summed E-state index contributed by atoms with van der Waals surface area (Å²) >= 11 is 0. The van der Waals surface area contributed by atoms with Crippen LogP contribution in [0.15, 0.2) is 0 Å². The van der Waals surface area contributed by atoms with Crippen LogP contribution in [-0.2, 0) is 0 Å². The van der Waals surface area contributed by atoms with E-state index < -0.39 is 16.5 Å². The summed E-state index contributed by atoms with van der Waals surface area (Å²) in [7, 11) is -2.10. The normalized spacial score (nSPS) is 19.6. The highest BCUT2D eigenvalue weighted by Crippen LogP contribution is 2.33. The summed E-state index contributed by atoms with van der Waals surface area (Å²) < 4.78 is 2.91. The summed E-state index contributed by atoms with van der Waals surface area (Å²) in [6, 6.07) is 0. The smallest absolute Gasteiger partial charge is 0.112 e. The number of nitrogens with zero attached hydrogens (tertiary/aromatic N) is 1. The lowest BCUT2D eigenvalue weighted by atomic mass is 10.4. The molecule has 13 heavy (non-hydrogen) atoms. The highest BCUT2D eigenvalue weighted by Gasteiger charge is 2.37. The largest absolute Gasteiger partial charge is 0.346 e. The molecule has 0 saturated heterocycles. The van der Waals surface area contributed by atoms with Gasteiger partial charge in [0.25, 0.3) is 0 Å². The Morgan fingerprint density at radius 2 is 1.31 bits per heavy atom. The van der Waals surface area contributed by atoms with E-state index in [4.69, 9.17) is 0 Å². The molecule has 0 aromatic rings. The average Bonchev–Trinajstić information content (AvgIpc) is 2.58. The lowest BCUT2D eigenvalue weighted by Crippen LogP contribution is -2.59. The van der Waals surface area contributed by atoms with Gasteiger partial charge in [0.05, 0.1) is 0 Å². The van der Waals surface area contributed by atoms with Gasteiger partial charge in [-0.25, -0.2) is 0 Å². The fourth-order valence-electron chi connectivity index (χ4n) is 2.11. The van der Waals surface area contributed by atoms with Crippen LogP contribution in [-0.4, -0.2) is 27.2 Å². The van der Waals surface area contributed by atoms with Crippen LogP contribution in [0.5, 0.6) is 0 Å². The first-order valence-electron chi connectivity index (χ1n) is 5.49. The van der Waals surface area contributed by atoms with Crippen LogP contribution in [0.25, 0.3) is 0 Å². The quantitative estimate of drug-likeness (QED) is 0.650. The second-order valence-electron chi connectivity index (χ2n) is 6.40. The van der Waals surface area contributed by atoms with E-state index in [0.29, 0.717) is 0 Å². The number of hydrogen-bond donors (Lipinski definition) is 0. The Labute approximate surface area is 85.7 Å². The third-order valence-electron chi connectivity index (χ3n) is 2.76. The van der Waals surface area contributed by atoms with Gasteiger partial charge in [0.15, 0.2) is 0 Å². The zero-order chi connectivity index (χ0) is 10.3. The molecular weight excluding hydrogens is 190 g/mol. The highest BCUT2D eigenvalue weighted by molar-refractivity contribution is 6.89. The van der Waals surface area contributed by atoms with Gasteiger partial charge in [-0.05, 0) is 25.3 Å². The highest BCUT2D eigenvalue weighted by atomic mass is 28.4. The average molecular weight is 215 g/mol. The van der Waals surface area contributed by atoms with Gasteiger partial charge >= 0.3 is 0 Å². The van der Waals surface area contributed by atoms with E-state index in [2.05, 4.69) is 43.5 Å². The van der Waals surface area contributed by atoms with Gasteiger partial charge < -0.3 is 4.23 Å². The third-order valence-corrected chi connectivity index (χ3v) is 10.4. The molecule has 0 N–H and O–H groups in total. The van der Waals surface area contributed by atoms with Crippen LogP contribution in [0, 0.1) is 5.92 Å². The first-order chi connectivity index (χ1) is 5.71. The summed E-state index contributed by atoms with van der Waals surface area (Å²) in [5.41, 5.74) is 0. The Morgan fingerprint density at radius 3 is 1.54 bits per heavy atom. The predicted octanol–water partition coefficient (Wildman–Crippen LogP) is 3.37. The Balaban J connectivity index is 2.63. The van der Waals surface area contributed by atoms with Gasteiger partial charge in [-0.3, -0.25) is 0 Å². The summed E-state index contributed by atoms with van der Waals surface area (Å²) in [6.45, 7) is 16.4. The minimum Gasteiger partial charge on any atom is -0.346 e.